The fraction of sp³-hybridized carbons (Fsp3) is 0.435. The van der Waals surface area contributed by atoms with Gasteiger partial charge in [-0.25, -0.2) is 4.79 Å². The van der Waals surface area contributed by atoms with Crippen LogP contribution < -0.4 is 21.9 Å². The fourth-order valence-electron chi connectivity index (χ4n) is 3.87. The molecular formula is C23H30ClN5O5. The van der Waals surface area contributed by atoms with Crippen LogP contribution in [0.25, 0.3) is 0 Å². The molecule has 1 saturated heterocycles. The second-order valence-electron chi connectivity index (χ2n) is 8.08. The topological polar surface area (TPSA) is 139 Å². The van der Waals surface area contributed by atoms with E-state index in [1.165, 1.54) is 13.2 Å². The van der Waals surface area contributed by atoms with Gasteiger partial charge in [-0.3, -0.25) is 14.5 Å². The quantitative estimate of drug-likeness (QED) is 0.301. The summed E-state index contributed by atoms with van der Waals surface area (Å²) in [5.41, 5.74) is 6.50. The van der Waals surface area contributed by atoms with Gasteiger partial charge in [0.15, 0.2) is 0 Å². The van der Waals surface area contributed by atoms with Gasteiger partial charge in [0.1, 0.15) is 11.4 Å². The summed E-state index contributed by atoms with van der Waals surface area (Å²) >= 11 is 5.94. The van der Waals surface area contributed by atoms with Crippen LogP contribution in [0.3, 0.4) is 0 Å². The first-order valence-electron chi connectivity index (χ1n) is 10.9. The van der Waals surface area contributed by atoms with Crippen LogP contribution in [0.15, 0.2) is 35.1 Å². The summed E-state index contributed by atoms with van der Waals surface area (Å²) in [6.07, 6.45) is 0.465. The lowest BCUT2D eigenvalue weighted by molar-refractivity contribution is 0.00678. The first kappa shape index (κ1) is 25.7. The molecule has 0 radical (unpaired) electrons. The number of aromatic nitrogens is 1. The number of rotatable bonds is 9. The van der Waals surface area contributed by atoms with Crippen molar-refractivity contribution in [3.8, 4) is 0 Å². The second-order valence-corrected chi connectivity index (χ2v) is 8.49. The first-order chi connectivity index (χ1) is 16.3. The molecule has 11 heteroatoms. The monoisotopic (exact) mass is 491 g/mol. The van der Waals surface area contributed by atoms with Gasteiger partial charge in [0, 0.05) is 39.8 Å². The Bertz CT molecular complexity index is 1060. The number of aromatic amines is 1. The second kappa shape index (κ2) is 12.0. The minimum absolute atomic E-state index is 0.0260. The summed E-state index contributed by atoms with van der Waals surface area (Å²) in [5.74, 6) is -0.836. The summed E-state index contributed by atoms with van der Waals surface area (Å²) in [4.78, 5) is 40.8. The number of nitrogens with one attached hydrogen (secondary N) is 3. The summed E-state index contributed by atoms with van der Waals surface area (Å²) in [6, 6.07) is 8.33. The number of pyridine rings is 1. The number of hydrogen-bond donors (Lipinski definition) is 4. The van der Waals surface area contributed by atoms with Crippen LogP contribution in [-0.2, 0) is 16.0 Å². The Kier molecular flexibility index (Phi) is 9.05. The SMILES string of the molecule is COC(=O)c1ccc(CNCCN2CC[C@@H](NC(=O)c3cc(Cl)c(N)[nH]c3=O)[C@@H](OC)C2)cc1. The Balaban J connectivity index is 1.45. The van der Waals surface area contributed by atoms with Crippen LogP contribution in [0.1, 0.15) is 32.7 Å². The van der Waals surface area contributed by atoms with E-state index in [4.69, 9.17) is 26.8 Å². The number of nitrogens with zero attached hydrogens (tertiary/aromatic N) is 1. The number of halogens is 1. The van der Waals surface area contributed by atoms with E-state index in [1.54, 1.807) is 19.2 Å². The van der Waals surface area contributed by atoms with Crippen LogP contribution in [0.5, 0.6) is 0 Å². The molecule has 10 nitrogen and oxygen atoms in total. The van der Waals surface area contributed by atoms with Crippen LogP contribution in [0.4, 0.5) is 5.82 Å². The first-order valence-corrected chi connectivity index (χ1v) is 11.3. The van der Waals surface area contributed by atoms with Crippen LogP contribution in [-0.4, -0.2) is 74.3 Å². The third kappa shape index (κ3) is 6.57. The molecule has 184 valence electrons. The highest BCUT2D eigenvalue weighted by molar-refractivity contribution is 6.33. The Morgan fingerprint density at radius 2 is 2.00 bits per heavy atom. The van der Waals surface area contributed by atoms with Crippen LogP contribution in [0.2, 0.25) is 5.02 Å². The van der Waals surface area contributed by atoms with E-state index < -0.39 is 11.5 Å². The standard InChI is InChI=1S/C23H30ClN5O5/c1-33-19-13-29(10-8-26-12-14-3-5-15(6-4-14)23(32)34-2)9-7-18(19)27-21(30)16-11-17(24)20(25)28-22(16)31/h3-6,11,18-19,26H,7-10,12-13H2,1-2H3,(H,27,30)(H3,25,28,31)/t18-,19+/m1/s1. The molecule has 2 atom stereocenters. The highest BCUT2D eigenvalue weighted by atomic mass is 35.5. The van der Waals surface area contributed by atoms with Crippen molar-refractivity contribution >= 4 is 29.3 Å². The highest BCUT2D eigenvalue weighted by Crippen LogP contribution is 2.17. The molecule has 3 rings (SSSR count). The zero-order chi connectivity index (χ0) is 24.7. The Morgan fingerprint density at radius 3 is 2.68 bits per heavy atom. The molecular weight excluding hydrogens is 462 g/mol. The van der Waals surface area contributed by atoms with Gasteiger partial charge in [0.2, 0.25) is 0 Å². The van der Waals surface area contributed by atoms with E-state index in [0.717, 1.165) is 25.2 Å². The molecule has 0 bridgehead atoms. The molecule has 2 aromatic rings. The minimum atomic E-state index is -0.586. The maximum Gasteiger partial charge on any atom is 0.337 e. The van der Waals surface area contributed by atoms with Gasteiger partial charge in [-0.2, -0.15) is 0 Å². The molecule has 0 saturated carbocycles. The number of carbonyl (C=O) groups excluding carboxylic acids is 2. The number of anilines is 1. The molecule has 0 spiro atoms. The molecule has 1 fully saturated rings. The molecule has 0 aliphatic carbocycles. The number of esters is 1. The Morgan fingerprint density at radius 1 is 1.26 bits per heavy atom. The van der Waals surface area contributed by atoms with E-state index in [-0.39, 0.29) is 34.5 Å². The normalized spacial score (nSPS) is 18.4. The summed E-state index contributed by atoms with van der Waals surface area (Å²) < 4.78 is 10.3. The Labute approximate surface area is 202 Å². The molecule has 0 unspecified atom stereocenters. The number of ether oxygens (including phenoxy) is 2. The van der Waals surface area contributed by atoms with Crippen molar-refractivity contribution in [2.24, 2.45) is 0 Å². The molecule has 5 N–H and O–H groups in total. The predicted octanol–water partition coefficient (Wildman–Crippen LogP) is 1.01. The average molecular weight is 492 g/mol. The number of nitrogen functional groups attached to an aromatic ring is 1. The van der Waals surface area contributed by atoms with Gasteiger partial charge in [-0.15, -0.1) is 0 Å². The number of nitrogens with two attached hydrogens (primary N) is 1. The van der Waals surface area contributed by atoms with Crippen molar-refractivity contribution in [2.75, 3.05) is 46.1 Å². The number of benzene rings is 1. The van der Waals surface area contributed by atoms with Crippen molar-refractivity contribution in [3.05, 3.63) is 62.4 Å². The van der Waals surface area contributed by atoms with Gasteiger partial charge >= 0.3 is 5.97 Å². The highest BCUT2D eigenvalue weighted by Gasteiger charge is 2.31. The number of carbonyl (C=O) groups is 2. The van der Waals surface area contributed by atoms with E-state index in [1.807, 2.05) is 12.1 Å². The van der Waals surface area contributed by atoms with Crippen molar-refractivity contribution < 1.29 is 19.1 Å². The third-order valence-electron chi connectivity index (χ3n) is 5.84. The van der Waals surface area contributed by atoms with Gasteiger partial charge in [0.25, 0.3) is 11.5 Å². The van der Waals surface area contributed by atoms with Gasteiger partial charge in [-0.05, 0) is 30.2 Å². The number of piperidine rings is 1. The van der Waals surface area contributed by atoms with Crippen molar-refractivity contribution in [1.29, 1.82) is 0 Å². The Hall–Kier alpha value is -2.92. The maximum absolute atomic E-state index is 12.6. The van der Waals surface area contributed by atoms with Gasteiger partial charge in [-0.1, -0.05) is 23.7 Å². The maximum atomic E-state index is 12.6. The fourth-order valence-corrected chi connectivity index (χ4v) is 4.02. The van der Waals surface area contributed by atoms with E-state index in [0.29, 0.717) is 25.1 Å². The van der Waals surface area contributed by atoms with E-state index in [9.17, 15) is 14.4 Å². The lowest BCUT2D eigenvalue weighted by Gasteiger charge is -2.38. The predicted molar refractivity (Wildman–Crippen MR) is 129 cm³/mol. The van der Waals surface area contributed by atoms with Crippen molar-refractivity contribution in [3.63, 3.8) is 0 Å². The van der Waals surface area contributed by atoms with Gasteiger partial charge in [0.05, 0.1) is 29.8 Å². The van der Waals surface area contributed by atoms with E-state index in [2.05, 4.69) is 20.5 Å². The smallest absolute Gasteiger partial charge is 0.337 e. The van der Waals surface area contributed by atoms with E-state index >= 15 is 0 Å². The lowest BCUT2D eigenvalue weighted by atomic mass is 10.0. The molecule has 1 amide bonds. The summed E-state index contributed by atoms with van der Waals surface area (Å²) in [5, 5.41) is 6.41. The largest absolute Gasteiger partial charge is 0.465 e. The average Bonchev–Trinajstić information content (AvgIpc) is 2.84. The van der Waals surface area contributed by atoms with Crippen molar-refractivity contribution in [1.82, 2.24) is 20.5 Å². The van der Waals surface area contributed by atoms with Crippen LogP contribution >= 0.6 is 11.6 Å². The molecule has 34 heavy (non-hydrogen) atoms. The molecule has 1 aliphatic heterocycles. The zero-order valence-electron chi connectivity index (χ0n) is 19.2. The molecule has 1 aliphatic rings. The summed E-state index contributed by atoms with van der Waals surface area (Å²) in [6.45, 7) is 3.69. The number of hydrogen-bond acceptors (Lipinski definition) is 8. The molecule has 1 aromatic heterocycles. The third-order valence-corrected chi connectivity index (χ3v) is 6.15. The molecule has 2 heterocycles. The molecule has 1 aromatic carbocycles. The number of likely N-dealkylation sites (tertiary alicyclic amines) is 1. The van der Waals surface area contributed by atoms with Crippen LogP contribution in [0, 0.1) is 0 Å². The summed E-state index contributed by atoms with van der Waals surface area (Å²) in [7, 11) is 2.97. The van der Waals surface area contributed by atoms with Crippen molar-refractivity contribution in [2.45, 2.75) is 25.1 Å². The lowest BCUT2D eigenvalue weighted by Crippen LogP contribution is -2.55. The number of H-pyrrole nitrogens is 1. The minimum Gasteiger partial charge on any atom is -0.465 e. The number of methoxy groups -OCH3 is 2. The van der Waals surface area contributed by atoms with Gasteiger partial charge < -0.3 is 30.8 Å². The number of amides is 1. The zero-order valence-corrected chi connectivity index (χ0v) is 20.0.